The fourth-order valence-corrected chi connectivity index (χ4v) is 8.30. The van der Waals surface area contributed by atoms with Crippen molar-refractivity contribution in [2.45, 2.75) is 70.6 Å². The predicted molar refractivity (Wildman–Crippen MR) is 207 cm³/mol. The van der Waals surface area contributed by atoms with E-state index in [1.165, 1.54) is 49.7 Å². The number of nitrogens with one attached hydrogen (secondary N) is 1. The molecule has 0 radical (unpaired) electrons. The quantitative estimate of drug-likeness (QED) is 0.165. The third kappa shape index (κ3) is 8.17. The maximum atomic E-state index is 13.4. The zero-order valence-electron chi connectivity index (χ0n) is 31.3. The number of benzene rings is 1. The summed E-state index contributed by atoms with van der Waals surface area (Å²) in [7, 11) is 1.50. The van der Waals surface area contributed by atoms with E-state index in [1.54, 1.807) is 49.0 Å². The highest BCUT2D eigenvalue weighted by Gasteiger charge is 2.31. The number of anilines is 3. The van der Waals surface area contributed by atoms with Gasteiger partial charge < -0.3 is 25.0 Å². The van der Waals surface area contributed by atoms with E-state index in [-0.39, 0.29) is 24.0 Å². The number of aliphatic hydroxyl groups is 1. The van der Waals surface area contributed by atoms with E-state index in [0.717, 1.165) is 63.7 Å². The Labute approximate surface area is 311 Å². The summed E-state index contributed by atoms with van der Waals surface area (Å²) in [4.78, 5) is 46.9. The van der Waals surface area contributed by atoms with E-state index < -0.39 is 5.60 Å². The molecule has 13 heteroatoms. The first kappa shape index (κ1) is 36.8. The number of allylic oxidation sites excluding steroid dienone is 1. The van der Waals surface area contributed by atoms with Crippen LogP contribution in [-0.2, 0) is 21.7 Å². The molecule has 53 heavy (non-hydrogen) atoms. The molecule has 7 rings (SSSR count). The normalized spacial score (nSPS) is 20.8. The minimum absolute atomic E-state index is 0.0454. The summed E-state index contributed by atoms with van der Waals surface area (Å²) in [6.45, 7) is 14.8. The third-order valence-electron chi connectivity index (χ3n) is 11.3. The molecule has 1 aliphatic carbocycles. The number of esters is 1. The Balaban J connectivity index is 0.939. The van der Waals surface area contributed by atoms with Crippen molar-refractivity contribution in [2.24, 2.45) is 11.8 Å². The number of piperazine rings is 1. The number of piperidine rings is 1. The number of methoxy groups -OCH3 is 1. The van der Waals surface area contributed by atoms with Gasteiger partial charge in [-0.05, 0) is 108 Å². The molecule has 0 atom stereocenters. The van der Waals surface area contributed by atoms with Gasteiger partial charge in [0.15, 0.2) is 11.5 Å². The van der Waals surface area contributed by atoms with Crippen LogP contribution in [0.2, 0.25) is 0 Å². The summed E-state index contributed by atoms with van der Waals surface area (Å²) >= 11 is 0. The highest BCUT2D eigenvalue weighted by atomic mass is 16.5. The van der Waals surface area contributed by atoms with Crippen LogP contribution in [0.15, 0.2) is 66.1 Å². The molecule has 2 N–H and O–H groups in total. The Morgan fingerprint density at radius 1 is 0.981 bits per heavy atom. The first-order valence-corrected chi connectivity index (χ1v) is 19.1. The minimum atomic E-state index is -1.15. The number of likely N-dealkylation sites (tertiary alicyclic amines) is 1. The molecule has 0 spiro atoms. The van der Waals surface area contributed by atoms with Crippen LogP contribution in [0, 0.1) is 11.8 Å². The van der Waals surface area contributed by atoms with Gasteiger partial charge in [-0.25, -0.2) is 19.3 Å². The number of rotatable bonds is 11. The Morgan fingerprint density at radius 3 is 2.36 bits per heavy atom. The highest BCUT2D eigenvalue weighted by Crippen LogP contribution is 2.31. The molecule has 0 amide bonds. The minimum Gasteiger partial charge on any atom is -0.469 e. The number of hydrogen-bond donors (Lipinski definition) is 2. The maximum Gasteiger partial charge on any atom is 0.308 e. The van der Waals surface area contributed by atoms with Crippen LogP contribution in [0.3, 0.4) is 0 Å². The Hall–Kier alpha value is -4.59. The summed E-state index contributed by atoms with van der Waals surface area (Å²) in [6.07, 6.45) is 10.2. The Kier molecular flexibility index (Phi) is 11.0. The van der Waals surface area contributed by atoms with Gasteiger partial charge in [0.2, 0.25) is 5.95 Å². The molecule has 5 heterocycles. The molecule has 1 aromatic carbocycles. The molecule has 13 nitrogen and oxygen atoms in total. The van der Waals surface area contributed by atoms with Crippen molar-refractivity contribution in [3.63, 3.8) is 0 Å². The van der Waals surface area contributed by atoms with Gasteiger partial charge in [0.05, 0.1) is 25.3 Å². The molecule has 2 aliphatic heterocycles. The number of ether oxygens (including phenoxy) is 1. The summed E-state index contributed by atoms with van der Waals surface area (Å²) in [5.41, 5.74) is 1.53. The molecular formula is C40H53N9O4. The lowest BCUT2D eigenvalue weighted by Gasteiger charge is -2.43. The standard InChI is InChI=1S/C40H53N9O4/c1-5-19-48-37(50)33-26-41-39(44-36(33)49(48)35-8-6-7-34(43-35)40(2,3)52)42-30-11-15-32(16-12-30)47-24-22-46(23-25-47)31-13-9-28(10-14-31)27-45-20-17-29(18-21-45)38(51)53-4/h5-8,11-12,15-16,26,28-29,31,52H,1,9-10,13-14,17-25,27H2,2-4H3,(H,41,42,44). The van der Waals surface area contributed by atoms with E-state index in [0.29, 0.717) is 34.5 Å². The average Bonchev–Trinajstić information content (AvgIpc) is 3.45. The van der Waals surface area contributed by atoms with E-state index in [2.05, 4.69) is 48.7 Å². The van der Waals surface area contributed by atoms with E-state index in [4.69, 9.17) is 9.72 Å². The van der Waals surface area contributed by atoms with Crippen molar-refractivity contribution in [3.05, 3.63) is 77.4 Å². The van der Waals surface area contributed by atoms with Crippen LogP contribution >= 0.6 is 0 Å². The zero-order chi connectivity index (χ0) is 37.1. The number of carbonyl (C=O) groups excluding carboxylic acids is 1. The van der Waals surface area contributed by atoms with Crippen molar-refractivity contribution in [1.29, 1.82) is 0 Å². The molecule has 3 fully saturated rings. The van der Waals surface area contributed by atoms with Gasteiger partial charge in [0, 0.05) is 56.3 Å². The van der Waals surface area contributed by atoms with Gasteiger partial charge in [0.25, 0.3) is 5.56 Å². The first-order chi connectivity index (χ1) is 25.6. The fourth-order valence-electron chi connectivity index (χ4n) is 8.30. The van der Waals surface area contributed by atoms with Gasteiger partial charge in [-0.1, -0.05) is 12.1 Å². The zero-order valence-corrected chi connectivity index (χ0v) is 31.3. The van der Waals surface area contributed by atoms with Crippen LogP contribution in [0.4, 0.5) is 17.3 Å². The Morgan fingerprint density at radius 2 is 1.70 bits per heavy atom. The molecule has 0 unspecified atom stereocenters. The lowest BCUT2D eigenvalue weighted by molar-refractivity contribution is -0.147. The van der Waals surface area contributed by atoms with Gasteiger partial charge >= 0.3 is 5.97 Å². The predicted octanol–water partition coefficient (Wildman–Crippen LogP) is 4.70. The third-order valence-corrected chi connectivity index (χ3v) is 11.3. The second-order valence-electron chi connectivity index (χ2n) is 15.3. The fraction of sp³-hybridized carbons (Fsp3) is 0.525. The molecule has 282 valence electrons. The number of fused-ring (bicyclic) bond motifs is 1. The topological polar surface area (TPSA) is 134 Å². The van der Waals surface area contributed by atoms with Crippen molar-refractivity contribution in [1.82, 2.24) is 34.1 Å². The van der Waals surface area contributed by atoms with Crippen LogP contribution in [0.25, 0.3) is 16.9 Å². The van der Waals surface area contributed by atoms with E-state index in [9.17, 15) is 14.7 Å². The monoisotopic (exact) mass is 723 g/mol. The Bertz CT molecular complexity index is 1940. The van der Waals surface area contributed by atoms with Gasteiger partial charge in [-0.2, -0.15) is 4.98 Å². The molecule has 4 aromatic rings. The maximum absolute atomic E-state index is 13.4. The second kappa shape index (κ2) is 15.8. The number of pyridine rings is 1. The lowest BCUT2D eigenvalue weighted by atomic mass is 9.84. The molecular weight excluding hydrogens is 670 g/mol. The molecule has 2 saturated heterocycles. The largest absolute Gasteiger partial charge is 0.469 e. The van der Waals surface area contributed by atoms with Gasteiger partial charge in [-0.3, -0.25) is 14.5 Å². The second-order valence-corrected chi connectivity index (χ2v) is 15.3. The molecule has 3 aromatic heterocycles. The van der Waals surface area contributed by atoms with Crippen LogP contribution in [0.1, 0.15) is 58.1 Å². The van der Waals surface area contributed by atoms with Gasteiger partial charge in [0.1, 0.15) is 11.0 Å². The summed E-state index contributed by atoms with van der Waals surface area (Å²) in [5.74, 6) is 1.62. The highest BCUT2D eigenvalue weighted by molar-refractivity contribution is 5.77. The van der Waals surface area contributed by atoms with Crippen LogP contribution < -0.4 is 15.8 Å². The summed E-state index contributed by atoms with van der Waals surface area (Å²) in [5, 5.41) is 14.3. The van der Waals surface area contributed by atoms with E-state index >= 15 is 0 Å². The smallest absolute Gasteiger partial charge is 0.308 e. The number of hydrogen-bond acceptors (Lipinski definition) is 11. The SMILES string of the molecule is C=CCn1c(=O)c2cnc(Nc3ccc(N4CCN(C5CCC(CN6CCC(C(=O)OC)CC6)CC5)CC4)cc3)nc2n1-c1cccc(C(C)(C)O)n1. The lowest BCUT2D eigenvalue weighted by Crippen LogP contribution is -2.51. The number of aromatic nitrogens is 5. The first-order valence-electron chi connectivity index (χ1n) is 19.1. The van der Waals surface area contributed by atoms with Gasteiger partial charge in [-0.15, -0.1) is 6.58 Å². The number of nitrogens with zero attached hydrogens (tertiary/aromatic N) is 8. The van der Waals surface area contributed by atoms with Crippen molar-refractivity contribution < 1.29 is 14.6 Å². The molecule has 1 saturated carbocycles. The van der Waals surface area contributed by atoms with E-state index in [1.807, 2.05) is 12.1 Å². The van der Waals surface area contributed by atoms with Crippen molar-refractivity contribution in [3.8, 4) is 5.82 Å². The molecule has 3 aliphatic rings. The molecule has 0 bridgehead atoms. The summed E-state index contributed by atoms with van der Waals surface area (Å²) in [6, 6.07) is 14.4. The van der Waals surface area contributed by atoms with Crippen LogP contribution in [-0.4, -0.2) is 104 Å². The van der Waals surface area contributed by atoms with Crippen molar-refractivity contribution in [2.75, 3.05) is 63.1 Å². The van der Waals surface area contributed by atoms with Crippen molar-refractivity contribution >= 4 is 34.3 Å². The summed E-state index contributed by atoms with van der Waals surface area (Å²) < 4.78 is 8.14. The average molecular weight is 724 g/mol. The number of carbonyl (C=O) groups is 1. The van der Waals surface area contributed by atoms with Crippen LogP contribution in [0.5, 0.6) is 0 Å².